The number of amides is 2. The first kappa shape index (κ1) is 19.0. The summed E-state index contributed by atoms with van der Waals surface area (Å²) < 4.78 is 0. The molecule has 0 radical (unpaired) electrons. The second-order valence-corrected chi connectivity index (χ2v) is 8.81. The van der Waals surface area contributed by atoms with E-state index in [-0.39, 0.29) is 11.8 Å². The van der Waals surface area contributed by atoms with Crippen molar-refractivity contribution in [2.24, 2.45) is 11.3 Å². The maximum Gasteiger partial charge on any atom is 0.247 e. The maximum absolute atomic E-state index is 12.6. The number of aromatic nitrogens is 2. The van der Waals surface area contributed by atoms with Crippen molar-refractivity contribution in [2.75, 3.05) is 19.6 Å². The highest BCUT2D eigenvalue weighted by molar-refractivity contribution is 6.00. The minimum Gasteiger partial charge on any atom is -0.352 e. The van der Waals surface area contributed by atoms with E-state index in [0.29, 0.717) is 24.2 Å². The summed E-state index contributed by atoms with van der Waals surface area (Å²) in [4.78, 5) is 35.3. The largest absolute Gasteiger partial charge is 0.352 e. The van der Waals surface area contributed by atoms with Crippen molar-refractivity contribution in [3.63, 3.8) is 0 Å². The highest BCUT2D eigenvalue weighted by Crippen LogP contribution is 2.59. The highest BCUT2D eigenvalue weighted by atomic mass is 16.2. The van der Waals surface area contributed by atoms with Gasteiger partial charge in [-0.25, -0.2) is 0 Å². The van der Waals surface area contributed by atoms with E-state index in [4.69, 9.17) is 0 Å². The van der Waals surface area contributed by atoms with Crippen LogP contribution in [-0.4, -0.2) is 46.3 Å². The summed E-state index contributed by atoms with van der Waals surface area (Å²) in [5.74, 6) is 0.770. The summed E-state index contributed by atoms with van der Waals surface area (Å²) in [5.41, 5.74) is 4.37. The number of carbonyl (C=O) groups excluding carboxylic acids is 2. The van der Waals surface area contributed by atoms with E-state index in [1.165, 1.54) is 5.56 Å². The molecule has 2 aromatic heterocycles. The van der Waals surface area contributed by atoms with E-state index in [1.807, 2.05) is 35.4 Å². The lowest BCUT2D eigenvalue weighted by molar-refractivity contribution is -0.132. The van der Waals surface area contributed by atoms with Crippen LogP contribution in [0.1, 0.15) is 36.0 Å². The van der Waals surface area contributed by atoms with Gasteiger partial charge in [0.2, 0.25) is 11.8 Å². The molecule has 2 fully saturated rings. The molecule has 2 aliphatic carbocycles. The summed E-state index contributed by atoms with van der Waals surface area (Å²) in [6.45, 7) is 2.37. The Morgan fingerprint density at radius 1 is 1.10 bits per heavy atom. The van der Waals surface area contributed by atoms with Gasteiger partial charge in [0.05, 0.1) is 6.42 Å². The van der Waals surface area contributed by atoms with Crippen molar-refractivity contribution in [3.05, 3.63) is 65.2 Å². The molecule has 2 amide bonds. The quantitative estimate of drug-likeness (QED) is 0.833. The molecule has 3 heterocycles. The van der Waals surface area contributed by atoms with E-state index in [9.17, 15) is 9.59 Å². The smallest absolute Gasteiger partial charge is 0.247 e. The lowest BCUT2D eigenvalue weighted by Gasteiger charge is -2.33. The molecule has 1 saturated heterocycles. The molecule has 0 aromatic carbocycles. The van der Waals surface area contributed by atoms with Crippen molar-refractivity contribution in [1.82, 2.24) is 20.2 Å². The van der Waals surface area contributed by atoms with Crippen LogP contribution in [-0.2, 0) is 22.4 Å². The molecule has 1 aliphatic heterocycles. The van der Waals surface area contributed by atoms with Gasteiger partial charge in [-0.3, -0.25) is 19.6 Å². The van der Waals surface area contributed by atoms with E-state index in [0.717, 1.165) is 55.6 Å². The first-order chi connectivity index (χ1) is 14.6. The first-order valence-electron chi connectivity index (χ1n) is 10.7. The van der Waals surface area contributed by atoms with Gasteiger partial charge < -0.3 is 10.2 Å². The molecule has 0 bridgehead atoms. The minimum absolute atomic E-state index is 0.0400. The van der Waals surface area contributed by atoms with Crippen LogP contribution in [0.5, 0.6) is 0 Å². The average Bonchev–Trinajstić information content (AvgIpc) is 3.25. The van der Waals surface area contributed by atoms with Crippen LogP contribution in [0.2, 0.25) is 0 Å². The minimum atomic E-state index is 0.0400. The summed E-state index contributed by atoms with van der Waals surface area (Å²) in [5, 5.41) is 3.15. The van der Waals surface area contributed by atoms with Gasteiger partial charge in [0, 0.05) is 56.4 Å². The predicted octanol–water partition coefficient (Wildman–Crippen LogP) is 2.40. The van der Waals surface area contributed by atoms with Gasteiger partial charge >= 0.3 is 0 Å². The summed E-state index contributed by atoms with van der Waals surface area (Å²) in [6, 6.07) is 5.78. The Kier molecular flexibility index (Phi) is 4.85. The molecular weight excluding hydrogens is 376 g/mol. The third kappa shape index (κ3) is 3.74. The number of piperidine rings is 1. The number of likely N-dealkylation sites (tertiary alicyclic amines) is 1. The van der Waals surface area contributed by atoms with E-state index in [1.54, 1.807) is 18.6 Å². The number of pyridine rings is 2. The number of carbonyl (C=O) groups is 2. The zero-order chi connectivity index (χ0) is 20.6. The average molecular weight is 402 g/mol. The van der Waals surface area contributed by atoms with Crippen LogP contribution < -0.4 is 5.32 Å². The molecule has 1 N–H and O–H groups in total. The van der Waals surface area contributed by atoms with Crippen LogP contribution in [0, 0.1) is 11.3 Å². The lowest BCUT2D eigenvalue weighted by Crippen LogP contribution is -2.41. The summed E-state index contributed by atoms with van der Waals surface area (Å²) in [7, 11) is 0. The van der Waals surface area contributed by atoms with Gasteiger partial charge in [-0.2, -0.15) is 0 Å². The standard InChI is InChI=1S/C24H26N4O2/c29-22(11-17-1-6-25-7-2-17)28-9-4-24(5-10-28)14-21(24)16-27-23(30)19-12-18-3-8-26-15-20(18)13-19/h1-3,6-8,13,15,21H,4-5,9-12,14,16H2,(H,27,30). The van der Waals surface area contributed by atoms with Crippen LogP contribution >= 0.6 is 0 Å². The number of nitrogens with one attached hydrogen (secondary N) is 1. The number of nitrogens with zero attached hydrogens (tertiary/aromatic N) is 3. The summed E-state index contributed by atoms with van der Waals surface area (Å²) >= 11 is 0. The second-order valence-electron chi connectivity index (χ2n) is 8.81. The van der Waals surface area contributed by atoms with Gasteiger partial charge in [0.25, 0.3) is 0 Å². The Bertz CT molecular complexity index is 993. The molecule has 1 saturated carbocycles. The normalized spacial score (nSPS) is 21.1. The van der Waals surface area contributed by atoms with Gasteiger partial charge in [0.15, 0.2) is 0 Å². The topological polar surface area (TPSA) is 75.2 Å². The van der Waals surface area contributed by atoms with Crippen molar-refractivity contribution < 1.29 is 9.59 Å². The third-order valence-electron chi connectivity index (χ3n) is 7.03. The highest BCUT2D eigenvalue weighted by Gasteiger charge is 2.54. The molecule has 6 heteroatoms. The molecule has 6 nitrogen and oxygen atoms in total. The van der Waals surface area contributed by atoms with Gasteiger partial charge in [-0.05, 0) is 71.6 Å². The zero-order valence-electron chi connectivity index (χ0n) is 17.0. The molecule has 30 heavy (non-hydrogen) atoms. The second kappa shape index (κ2) is 7.67. The van der Waals surface area contributed by atoms with E-state index in [2.05, 4.69) is 15.3 Å². The SMILES string of the molecule is O=C(NCC1CC12CCN(C(=O)Cc1ccncc1)CC2)C1=Cc2cnccc2C1. The van der Waals surface area contributed by atoms with Crippen LogP contribution in [0.15, 0.2) is 48.6 Å². The fourth-order valence-electron chi connectivity index (χ4n) is 4.97. The molecule has 1 atom stereocenters. The lowest BCUT2D eigenvalue weighted by atomic mass is 9.90. The molecular formula is C24H26N4O2. The Balaban J connectivity index is 1.08. The van der Waals surface area contributed by atoms with Gasteiger partial charge in [-0.15, -0.1) is 0 Å². The fraction of sp³-hybridized carbons (Fsp3) is 0.417. The third-order valence-corrected chi connectivity index (χ3v) is 7.03. The van der Waals surface area contributed by atoms with Gasteiger partial charge in [-0.1, -0.05) is 0 Å². The first-order valence-corrected chi connectivity index (χ1v) is 10.7. The predicted molar refractivity (Wildman–Crippen MR) is 113 cm³/mol. The Morgan fingerprint density at radius 3 is 2.63 bits per heavy atom. The number of fused-ring (bicyclic) bond motifs is 1. The van der Waals surface area contributed by atoms with E-state index >= 15 is 0 Å². The van der Waals surface area contributed by atoms with Crippen LogP contribution in [0.25, 0.3) is 6.08 Å². The zero-order valence-corrected chi connectivity index (χ0v) is 17.0. The van der Waals surface area contributed by atoms with Gasteiger partial charge in [0.1, 0.15) is 0 Å². The molecule has 5 rings (SSSR count). The summed E-state index contributed by atoms with van der Waals surface area (Å²) in [6.07, 6.45) is 13.4. The number of rotatable bonds is 5. The van der Waals surface area contributed by atoms with Crippen molar-refractivity contribution in [3.8, 4) is 0 Å². The van der Waals surface area contributed by atoms with Crippen molar-refractivity contribution in [1.29, 1.82) is 0 Å². The molecule has 154 valence electrons. The Morgan fingerprint density at radius 2 is 1.87 bits per heavy atom. The molecule has 2 aromatic rings. The van der Waals surface area contributed by atoms with E-state index < -0.39 is 0 Å². The monoisotopic (exact) mass is 402 g/mol. The van der Waals surface area contributed by atoms with Crippen LogP contribution in [0.4, 0.5) is 0 Å². The fourth-order valence-corrected chi connectivity index (χ4v) is 4.97. The number of hydrogen-bond donors (Lipinski definition) is 1. The maximum atomic E-state index is 12.6. The Labute approximate surface area is 176 Å². The Hall–Kier alpha value is -3.02. The molecule has 1 spiro atoms. The molecule has 3 aliphatic rings. The number of hydrogen-bond acceptors (Lipinski definition) is 4. The van der Waals surface area contributed by atoms with Crippen molar-refractivity contribution in [2.45, 2.75) is 32.1 Å². The van der Waals surface area contributed by atoms with Crippen LogP contribution in [0.3, 0.4) is 0 Å². The molecule has 1 unspecified atom stereocenters. The van der Waals surface area contributed by atoms with Crippen molar-refractivity contribution >= 4 is 17.9 Å².